The predicted octanol–water partition coefficient (Wildman–Crippen LogP) is -0.260. The minimum Gasteiger partial charge on any atom is -0.341 e. The Morgan fingerprint density at radius 3 is 2.61 bits per heavy atom. The van der Waals surface area contributed by atoms with Crippen LogP contribution in [0.3, 0.4) is 0 Å². The van der Waals surface area contributed by atoms with Crippen molar-refractivity contribution in [2.75, 3.05) is 26.2 Å². The number of likely N-dealkylation sites (tertiary alicyclic amines) is 1. The number of nitrogens with one attached hydrogen (secondary N) is 1. The van der Waals surface area contributed by atoms with E-state index in [0.29, 0.717) is 19.5 Å². The summed E-state index contributed by atoms with van der Waals surface area (Å²) in [5, 5.41) is 2.81. The monoisotopic (exact) mass is 254 g/mol. The number of nitrogens with zero attached hydrogens (tertiary/aromatic N) is 2. The van der Waals surface area contributed by atoms with Crippen LogP contribution in [-0.2, 0) is 4.79 Å². The highest BCUT2D eigenvalue weighted by Crippen LogP contribution is 2.18. The van der Waals surface area contributed by atoms with Crippen molar-refractivity contribution in [3.8, 4) is 0 Å². The van der Waals surface area contributed by atoms with Crippen molar-refractivity contribution in [1.82, 2.24) is 15.1 Å². The van der Waals surface area contributed by atoms with Gasteiger partial charge in [-0.15, -0.1) is 0 Å². The van der Waals surface area contributed by atoms with Gasteiger partial charge in [-0.1, -0.05) is 6.92 Å². The van der Waals surface area contributed by atoms with Gasteiger partial charge in [-0.2, -0.15) is 0 Å². The Labute approximate surface area is 107 Å². The van der Waals surface area contributed by atoms with Crippen molar-refractivity contribution in [3.63, 3.8) is 0 Å². The Kier molecular flexibility index (Phi) is 4.06. The zero-order valence-electron chi connectivity index (χ0n) is 10.9. The summed E-state index contributed by atoms with van der Waals surface area (Å²) in [5.41, 5.74) is 5.76. The molecule has 2 rings (SSSR count). The zero-order valence-corrected chi connectivity index (χ0v) is 10.9. The first-order valence-electron chi connectivity index (χ1n) is 6.72. The predicted molar refractivity (Wildman–Crippen MR) is 68.0 cm³/mol. The number of nitrogens with two attached hydrogens (primary N) is 1. The molecule has 2 saturated heterocycles. The molecular weight excluding hydrogens is 232 g/mol. The summed E-state index contributed by atoms with van der Waals surface area (Å²) in [5.74, 6) is 0.0434. The molecule has 1 atom stereocenters. The lowest BCUT2D eigenvalue weighted by molar-refractivity contribution is -0.134. The Hall–Kier alpha value is -1.30. The second kappa shape index (κ2) is 5.56. The third-order valence-corrected chi connectivity index (χ3v) is 3.86. The van der Waals surface area contributed by atoms with E-state index < -0.39 is 0 Å². The largest absolute Gasteiger partial charge is 0.341 e. The quantitative estimate of drug-likeness (QED) is 0.728. The number of hydrogen-bond donors (Lipinski definition) is 2. The van der Waals surface area contributed by atoms with E-state index in [9.17, 15) is 9.59 Å². The number of rotatable bonds is 3. The van der Waals surface area contributed by atoms with E-state index in [0.717, 1.165) is 25.9 Å². The molecule has 18 heavy (non-hydrogen) atoms. The molecule has 0 aromatic rings. The van der Waals surface area contributed by atoms with Crippen LogP contribution in [0, 0.1) is 0 Å². The average Bonchev–Trinajstić information content (AvgIpc) is 2.83. The minimum atomic E-state index is -0.378. The van der Waals surface area contributed by atoms with Gasteiger partial charge in [0.15, 0.2) is 0 Å². The summed E-state index contributed by atoms with van der Waals surface area (Å²) >= 11 is 0. The van der Waals surface area contributed by atoms with E-state index in [-0.39, 0.29) is 24.0 Å². The molecule has 6 nitrogen and oxygen atoms in total. The molecule has 102 valence electrons. The Bertz CT molecular complexity index is 326. The summed E-state index contributed by atoms with van der Waals surface area (Å²) < 4.78 is 0. The average molecular weight is 254 g/mol. The molecule has 3 N–H and O–H groups in total. The highest BCUT2D eigenvalue weighted by molar-refractivity contribution is 5.81. The first kappa shape index (κ1) is 13.1. The van der Waals surface area contributed by atoms with E-state index in [2.05, 4.69) is 5.32 Å². The number of carbonyl (C=O) groups excluding carboxylic acids is 2. The Morgan fingerprint density at radius 2 is 2.11 bits per heavy atom. The Morgan fingerprint density at radius 1 is 1.44 bits per heavy atom. The summed E-state index contributed by atoms with van der Waals surface area (Å²) in [6.45, 7) is 4.86. The third-order valence-electron chi connectivity index (χ3n) is 3.86. The molecule has 2 heterocycles. The molecule has 0 aliphatic carbocycles. The van der Waals surface area contributed by atoms with Crippen LogP contribution in [-0.4, -0.2) is 60.0 Å². The highest BCUT2D eigenvalue weighted by atomic mass is 16.2. The zero-order chi connectivity index (χ0) is 13.1. The summed E-state index contributed by atoms with van der Waals surface area (Å²) in [6, 6.07) is -0.0731. The van der Waals surface area contributed by atoms with E-state index in [4.69, 9.17) is 5.73 Å². The molecule has 3 amide bonds. The van der Waals surface area contributed by atoms with Gasteiger partial charge in [0.2, 0.25) is 5.91 Å². The van der Waals surface area contributed by atoms with Crippen LogP contribution >= 0.6 is 0 Å². The van der Waals surface area contributed by atoms with Crippen molar-refractivity contribution in [2.45, 2.75) is 38.3 Å². The van der Waals surface area contributed by atoms with Gasteiger partial charge in [0.25, 0.3) is 0 Å². The fraction of sp³-hybridized carbons (Fsp3) is 0.833. The Balaban J connectivity index is 1.84. The second-order valence-electron chi connectivity index (χ2n) is 5.00. The molecule has 2 fully saturated rings. The van der Waals surface area contributed by atoms with Gasteiger partial charge in [0.1, 0.15) is 0 Å². The molecule has 0 radical (unpaired) electrons. The molecule has 0 spiro atoms. The molecule has 6 heteroatoms. The molecule has 2 aliphatic heterocycles. The van der Waals surface area contributed by atoms with Gasteiger partial charge in [0.05, 0.1) is 6.04 Å². The normalized spacial score (nSPS) is 23.1. The number of piperidine rings is 1. The fourth-order valence-electron chi connectivity index (χ4n) is 2.64. The lowest BCUT2D eigenvalue weighted by Crippen LogP contribution is -2.51. The molecule has 0 saturated carbocycles. The van der Waals surface area contributed by atoms with Crippen molar-refractivity contribution in [2.24, 2.45) is 5.73 Å². The van der Waals surface area contributed by atoms with E-state index >= 15 is 0 Å². The number of urea groups is 1. The molecule has 2 aliphatic rings. The van der Waals surface area contributed by atoms with Gasteiger partial charge in [-0.3, -0.25) is 4.79 Å². The summed E-state index contributed by atoms with van der Waals surface area (Å²) in [4.78, 5) is 27.2. The number of hydrogen-bond acceptors (Lipinski definition) is 3. The van der Waals surface area contributed by atoms with Crippen LogP contribution in [0.15, 0.2) is 0 Å². The standard InChI is InChI=1S/C12H22N4O2/c1-2-10(13)11(17)15-6-3-9(4-7-15)16-8-5-14-12(16)18/h9-10H,2-8,13H2,1H3,(H,14,18). The lowest BCUT2D eigenvalue weighted by Gasteiger charge is -2.37. The minimum absolute atomic E-state index is 0.0324. The van der Waals surface area contributed by atoms with E-state index in [1.807, 2.05) is 16.7 Å². The van der Waals surface area contributed by atoms with Crippen molar-refractivity contribution >= 4 is 11.9 Å². The number of amides is 3. The summed E-state index contributed by atoms with van der Waals surface area (Å²) in [7, 11) is 0. The first-order chi connectivity index (χ1) is 8.63. The molecule has 0 aromatic heterocycles. The lowest BCUT2D eigenvalue weighted by atomic mass is 10.0. The van der Waals surface area contributed by atoms with Crippen LogP contribution < -0.4 is 11.1 Å². The maximum absolute atomic E-state index is 11.9. The van der Waals surface area contributed by atoms with E-state index in [1.165, 1.54) is 0 Å². The van der Waals surface area contributed by atoms with Crippen LogP contribution in [0.2, 0.25) is 0 Å². The summed E-state index contributed by atoms with van der Waals surface area (Å²) in [6.07, 6.45) is 2.39. The smallest absolute Gasteiger partial charge is 0.317 e. The van der Waals surface area contributed by atoms with Gasteiger partial charge < -0.3 is 20.9 Å². The van der Waals surface area contributed by atoms with Crippen LogP contribution in [0.5, 0.6) is 0 Å². The van der Waals surface area contributed by atoms with Gasteiger partial charge >= 0.3 is 6.03 Å². The van der Waals surface area contributed by atoms with E-state index in [1.54, 1.807) is 0 Å². The fourth-order valence-corrected chi connectivity index (χ4v) is 2.64. The highest BCUT2D eigenvalue weighted by Gasteiger charge is 2.32. The SMILES string of the molecule is CCC(N)C(=O)N1CCC(N2CCNC2=O)CC1. The van der Waals surface area contributed by atoms with Crippen LogP contribution in [0.4, 0.5) is 4.79 Å². The number of carbonyl (C=O) groups is 2. The van der Waals surface area contributed by atoms with Crippen molar-refractivity contribution in [3.05, 3.63) is 0 Å². The maximum Gasteiger partial charge on any atom is 0.317 e. The van der Waals surface area contributed by atoms with Crippen molar-refractivity contribution in [1.29, 1.82) is 0 Å². The third kappa shape index (κ3) is 2.58. The first-order valence-corrected chi connectivity index (χ1v) is 6.72. The van der Waals surface area contributed by atoms with Crippen LogP contribution in [0.1, 0.15) is 26.2 Å². The molecule has 0 aromatic carbocycles. The van der Waals surface area contributed by atoms with Gasteiger partial charge in [0, 0.05) is 32.2 Å². The molecule has 1 unspecified atom stereocenters. The second-order valence-corrected chi connectivity index (χ2v) is 5.00. The van der Waals surface area contributed by atoms with Gasteiger partial charge in [-0.05, 0) is 19.3 Å². The molecular formula is C12H22N4O2. The molecule has 0 bridgehead atoms. The van der Waals surface area contributed by atoms with Gasteiger partial charge in [-0.25, -0.2) is 4.79 Å². The maximum atomic E-state index is 11.9. The van der Waals surface area contributed by atoms with Crippen molar-refractivity contribution < 1.29 is 9.59 Å². The van der Waals surface area contributed by atoms with Crippen LogP contribution in [0.25, 0.3) is 0 Å². The topological polar surface area (TPSA) is 78.7 Å².